The van der Waals surface area contributed by atoms with E-state index in [9.17, 15) is 4.39 Å². The molecule has 0 bridgehead atoms. The highest BCUT2D eigenvalue weighted by atomic mass is 19.1. The van der Waals surface area contributed by atoms with Gasteiger partial charge in [-0.2, -0.15) is 0 Å². The first-order valence-corrected chi connectivity index (χ1v) is 7.82. The van der Waals surface area contributed by atoms with E-state index in [0.29, 0.717) is 0 Å². The van der Waals surface area contributed by atoms with E-state index < -0.39 is 0 Å². The van der Waals surface area contributed by atoms with Crippen LogP contribution in [0.2, 0.25) is 0 Å². The van der Waals surface area contributed by atoms with Crippen LogP contribution < -0.4 is 5.32 Å². The normalized spacial score (nSPS) is 12.8. The molecule has 0 aromatic heterocycles. The molecule has 3 heteroatoms. The fourth-order valence-electron chi connectivity index (χ4n) is 2.39. The maximum Gasteiger partial charge on any atom is 0.127 e. The predicted molar refractivity (Wildman–Crippen MR) is 84.5 cm³/mol. The molecule has 0 spiro atoms. The van der Waals surface area contributed by atoms with Crippen molar-refractivity contribution in [3.63, 3.8) is 0 Å². The minimum absolute atomic E-state index is 0.0995. The average molecular weight is 280 g/mol. The summed E-state index contributed by atoms with van der Waals surface area (Å²) in [4.78, 5) is 2.24. The molecule has 1 unspecified atom stereocenters. The van der Waals surface area contributed by atoms with Crippen molar-refractivity contribution in [1.82, 2.24) is 10.2 Å². The van der Waals surface area contributed by atoms with Gasteiger partial charge in [0, 0.05) is 11.6 Å². The summed E-state index contributed by atoms with van der Waals surface area (Å²) < 4.78 is 13.7. The summed E-state index contributed by atoms with van der Waals surface area (Å²) in [6.07, 6.45) is 4.95. The molecule has 1 aromatic carbocycles. The highest BCUT2D eigenvalue weighted by Crippen LogP contribution is 2.21. The molecule has 20 heavy (non-hydrogen) atoms. The maximum atomic E-state index is 13.7. The Kier molecular flexibility index (Phi) is 8.47. The molecule has 0 radical (unpaired) electrons. The monoisotopic (exact) mass is 280 g/mol. The van der Waals surface area contributed by atoms with Gasteiger partial charge in [0.25, 0.3) is 0 Å². The Bertz CT molecular complexity index is 368. The van der Waals surface area contributed by atoms with Crippen LogP contribution in [0.15, 0.2) is 24.3 Å². The van der Waals surface area contributed by atoms with E-state index in [2.05, 4.69) is 31.1 Å². The Morgan fingerprint density at radius 1 is 1.15 bits per heavy atom. The Morgan fingerprint density at radius 2 is 1.85 bits per heavy atom. The highest BCUT2D eigenvalue weighted by Gasteiger charge is 2.14. The number of hydrogen-bond acceptors (Lipinski definition) is 2. The van der Waals surface area contributed by atoms with E-state index in [-0.39, 0.29) is 11.9 Å². The van der Waals surface area contributed by atoms with Crippen LogP contribution in [0.25, 0.3) is 0 Å². The summed E-state index contributed by atoms with van der Waals surface area (Å²) in [5.41, 5.74) is 0.794. The van der Waals surface area contributed by atoms with Crippen molar-refractivity contribution < 1.29 is 4.39 Å². The fraction of sp³-hybridized carbons (Fsp3) is 0.647. The summed E-state index contributed by atoms with van der Waals surface area (Å²) >= 11 is 0. The lowest BCUT2D eigenvalue weighted by molar-refractivity contribution is 0.250. The molecule has 0 aliphatic rings. The van der Waals surface area contributed by atoms with Gasteiger partial charge >= 0.3 is 0 Å². The van der Waals surface area contributed by atoms with Gasteiger partial charge in [-0.3, -0.25) is 4.90 Å². The van der Waals surface area contributed by atoms with Gasteiger partial charge in [-0.15, -0.1) is 0 Å². The Morgan fingerprint density at radius 3 is 2.55 bits per heavy atom. The smallest absolute Gasteiger partial charge is 0.127 e. The van der Waals surface area contributed by atoms with Crippen molar-refractivity contribution >= 4 is 0 Å². The molecule has 1 N–H and O–H groups in total. The molecule has 0 fully saturated rings. The van der Waals surface area contributed by atoms with Crippen LogP contribution in [-0.2, 0) is 0 Å². The zero-order valence-corrected chi connectivity index (χ0v) is 13.2. The van der Waals surface area contributed by atoms with E-state index in [0.717, 1.165) is 25.2 Å². The summed E-state index contributed by atoms with van der Waals surface area (Å²) in [6, 6.07) is 7.21. The first-order chi connectivity index (χ1) is 9.66. The first-order valence-electron chi connectivity index (χ1n) is 7.82. The van der Waals surface area contributed by atoms with Crippen LogP contribution in [0, 0.1) is 5.82 Å². The number of halogens is 1. The van der Waals surface area contributed by atoms with Crippen LogP contribution in [0.4, 0.5) is 4.39 Å². The summed E-state index contributed by atoms with van der Waals surface area (Å²) in [5, 5.41) is 3.34. The molecular weight excluding hydrogens is 251 g/mol. The summed E-state index contributed by atoms with van der Waals surface area (Å²) in [5.74, 6) is -0.0995. The Labute approximate surface area is 123 Å². The third-order valence-corrected chi connectivity index (χ3v) is 3.88. The van der Waals surface area contributed by atoms with Crippen molar-refractivity contribution in [3.8, 4) is 0 Å². The van der Waals surface area contributed by atoms with Gasteiger partial charge < -0.3 is 5.32 Å². The lowest BCUT2D eigenvalue weighted by Crippen LogP contribution is -2.24. The lowest BCUT2D eigenvalue weighted by Gasteiger charge is -2.25. The average Bonchev–Trinajstić information content (AvgIpc) is 2.46. The van der Waals surface area contributed by atoms with Crippen molar-refractivity contribution in [3.05, 3.63) is 35.6 Å². The summed E-state index contributed by atoms with van der Waals surface area (Å²) in [6.45, 7) is 7.42. The van der Waals surface area contributed by atoms with Crippen LogP contribution in [0.1, 0.15) is 51.1 Å². The van der Waals surface area contributed by atoms with Crippen molar-refractivity contribution in [2.75, 3.05) is 26.7 Å². The van der Waals surface area contributed by atoms with Gasteiger partial charge in [0.1, 0.15) is 5.82 Å². The van der Waals surface area contributed by atoms with E-state index in [1.807, 2.05) is 12.1 Å². The Balaban J connectivity index is 2.22. The minimum atomic E-state index is -0.0995. The number of benzene rings is 1. The Hall–Kier alpha value is -0.930. The number of hydrogen-bond donors (Lipinski definition) is 1. The zero-order chi connectivity index (χ0) is 14.8. The van der Waals surface area contributed by atoms with Crippen molar-refractivity contribution in [1.29, 1.82) is 0 Å². The standard InChI is InChI=1S/C17H29FN2/c1-4-19-13-9-5-6-10-14-20(3)15(2)16-11-7-8-12-17(16)18/h7-8,11-12,15,19H,4-6,9-10,13-14H2,1-3H3. The predicted octanol–water partition coefficient (Wildman–Crippen LogP) is 3.99. The molecule has 114 valence electrons. The van der Waals surface area contributed by atoms with Crippen molar-refractivity contribution in [2.24, 2.45) is 0 Å². The highest BCUT2D eigenvalue weighted by molar-refractivity contribution is 5.20. The van der Waals surface area contributed by atoms with Crippen LogP contribution in [0.3, 0.4) is 0 Å². The molecule has 0 heterocycles. The van der Waals surface area contributed by atoms with Crippen molar-refractivity contribution in [2.45, 2.75) is 45.6 Å². The largest absolute Gasteiger partial charge is 0.317 e. The molecule has 0 aliphatic heterocycles. The number of nitrogens with one attached hydrogen (secondary N) is 1. The molecule has 1 atom stereocenters. The first kappa shape index (κ1) is 17.1. The van der Waals surface area contributed by atoms with Gasteiger partial charge in [-0.05, 0) is 52.5 Å². The van der Waals surface area contributed by atoms with E-state index in [1.54, 1.807) is 12.1 Å². The molecule has 0 amide bonds. The SMILES string of the molecule is CCNCCCCCCN(C)C(C)c1ccccc1F. The van der Waals surface area contributed by atoms with E-state index >= 15 is 0 Å². The number of rotatable bonds is 10. The third kappa shape index (κ3) is 6.02. The van der Waals surface area contributed by atoms with Gasteiger partial charge in [-0.1, -0.05) is 38.0 Å². The minimum Gasteiger partial charge on any atom is -0.317 e. The second kappa shape index (κ2) is 9.89. The topological polar surface area (TPSA) is 15.3 Å². The van der Waals surface area contributed by atoms with E-state index in [1.165, 1.54) is 25.7 Å². The molecular formula is C17H29FN2. The molecule has 0 aliphatic carbocycles. The lowest BCUT2D eigenvalue weighted by atomic mass is 10.1. The number of nitrogens with zero attached hydrogens (tertiary/aromatic N) is 1. The molecule has 0 saturated heterocycles. The second-order valence-corrected chi connectivity index (χ2v) is 5.45. The van der Waals surface area contributed by atoms with Gasteiger partial charge in [0.05, 0.1) is 0 Å². The van der Waals surface area contributed by atoms with Gasteiger partial charge in [0.2, 0.25) is 0 Å². The van der Waals surface area contributed by atoms with Crippen LogP contribution in [0.5, 0.6) is 0 Å². The molecule has 2 nitrogen and oxygen atoms in total. The van der Waals surface area contributed by atoms with Gasteiger partial charge in [0.15, 0.2) is 0 Å². The maximum absolute atomic E-state index is 13.7. The van der Waals surface area contributed by atoms with Crippen LogP contribution >= 0.6 is 0 Å². The molecule has 1 aromatic rings. The quantitative estimate of drug-likeness (QED) is 0.652. The van der Waals surface area contributed by atoms with Crippen LogP contribution in [-0.4, -0.2) is 31.6 Å². The molecule has 0 saturated carbocycles. The second-order valence-electron chi connectivity index (χ2n) is 5.45. The van der Waals surface area contributed by atoms with E-state index in [4.69, 9.17) is 0 Å². The third-order valence-electron chi connectivity index (χ3n) is 3.88. The zero-order valence-electron chi connectivity index (χ0n) is 13.2. The van der Waals surface area contributed by atoms with Gasteiger partial charge in [-0.25, -0.2) is 4.39 Å². The fourth-order valence-corrected chi connectivity index (χ4v) is 2.39. The number of unbranched alkanes of at least 4 members (excludes halogenated alkanes) is 3. The molecule has 1 rings (SSSR count). The summed E-state index contributed by atoms with van der Waals surface area (Å²) in [7, 11) is 2.08.